The van der Waals surface area contributed by atoms with E-state index in [2.05, 4.69) is 19.2 Å². The van der Waals surface area contributed by atoms with Crippen molar-refractivity contribution in [1.29, 1.82) is 0 Å². The Balaban J connectivity index is 3.52. The molecule has 3 heteroatoms. The first-order valence-corrected chi connectivity index (χ1v) is 6.72. The van der Waals surface area contributed by atoms with Crippen LogP contribution in [0.1, 0.15) is 47.0 Å². The highest BCUT2D eigenvalue weighted by molar-refractivity contribution is 4.59. The predicted octanol–water partition coefficient (Wildman–Crippen LogP) is 2.80. The summed E-state index contributed by atoms with van der Waals surface area (Å²) in [5.74, 6) is 0.803. The lowest BCUT2D eigenvalue weighted by Gasteiger charge is -2.18. The van der Waals surface area contributed by atoms with Crippen molar-refractivity contribution < 1.29 is 9.47 Å². The fraction of sp³-hybridized carbons (Fsp3) is 1.00. The van der Waals surface area contributed by atoms with Crippen LogP contribution in [0.4, 0.5) is 0 Å². The van der Waals surface area contributed by atoms with E-state index in [0.29, 0.717) is 0 Å². The Morgan fingerprint density at radius 1 is 0.938 bits per heavy atom. The van der Waals surface area contributed by atoms with Crippen molar-refractivity contribution >= 4 is 0 Å². The van der Waals surface area contributed by atoms with Crippen molar-refractivity contribution in [3.8, 4) is 0 Å². The van der Waals surface area contributed by atoms with Crippen LogP contribution in [0.5, 0.6) is 0 Å². The third kappa shape index (κ3) is 8.08. The van der Waals surface area contributed by atoms with Crippen LogP contribution in [-0.4, -0.2) is 32.6 Å². The summed E-state index contributed by atoms with van der Waals surface area (Å²) in [6.07, 6.45) is 3.40. The van der Waals surface area contributed by atoms with Crippen molar-refractivity contribution in [2.75, 3.05) is 26.3 Å². The first kappa shape index (κ1) is 15.9. The molecule has 16 heavy (non-hydrogen) atoms. The number of nitrogens with one attached hydrogen (secondary N) is 1. The molecule has 0 aromatic rings. The summed E-state index contributed by atoms with van der Waals surface area (Å²) >= 11 is 0. The average Bonchev–Trinajstić information content (AvgIpc) is 2.30. The lowest BCUT2D eigenvalue weighted by molar-refractivity contribution is -0.138. The van der Waals surface area contributed by atoms with E-state index in [-0.39, 0.29) is 6.29 Å². The molecule has 0 rings (SSSR count). The highest BCUT2D eigenvalue weighted by Gasteiger charge is 2.07. The number of hydrogen-bond acceptors (Lipinski definition) is 3. The smallest absolute Gasteiger partial charge is 0.158 e. The van der Waals surface area contributed by atoms with Gasteiger partial charge < -0.3 is 14.8 Å². The highest BCUT2D eigenvalue weighted by Crippen LogP contribution is 2.05. The quantitative estimate of drug-likeness (QED) is 0.438. The Morgan fingerprint density at radius 2 is 1.50 bits per heavy atom. The van der Waals surface area contributed by atoms with Gasteiger partial charge in [-0.1, -0.05) is 26.7 Å². The van der Waals surface area contributed by atoms with Crippen LogP contribution in [-0.2, 0) is 9.47 Å². The molecule has 0 heterocycles. The fourth-order valence-electron chi connectivity index (χ4n) is 1.69. The molecule has 0 fully saturated rings. The Labute approximate surface area is 101 Å². The van der Waals surface area contributed by atoms with Gasteiger partial charge in [0.05, 0.1) is 0 Å². The molecule has 0 spiro atoms. The highest BCUT2D eigenvalue weighted by atomic mass is 16.7. The van der Waals surface area contributed by atoms with Gasteiger partial charge in [0.2, 0.25) is 0 Å². The molecule has 0 aliphatic carbocycles. The Bertz CT molecular complexity index is 132. The third-order valence-electron chi connectivity index (χ3n) is 2.85. The molecule has 3 nitrogen and oxygen atoms in total. The summed E-state index contributed by atoms with van der Waals surface area (Å²) in [7, 11) is 0. The van der Waals surface area contributed by atoms with Gasteiger partial charge in [-0.3, -0.25) is 0 Å². The zero-order valence-electron chi connectivity index (χ0n) is 11.4. The van der Waals surface area contributed by atoms with Gasteiger partial charge >= 0.3 is 0 Å². The molecule has 0 amide bonds. The molecule has 98 valence electrons. The lowest BCUT2D eigenvalue weighted by Crippen LogP contribution is -2.28. The monoisotopic (exact) mass is 231 g/mol. The van der Waals surface area contributed by atoms with E-state index in [9.17, 15) is 0 Å². The fourth-order valence-corrected chi connectivity index (χ4v) is 1.69. The number of rotatable bonds is 11. The first-order valence-electron chi connectivity index (χ1n) is 6.72. The molecule has 0 radical (unpaired) electrons. The van der Waals surface area contributed by atoms with E-state index < -0.39 is 0 Å². The van der Waals surface area contributed by atoms with Crippen LogP contribution in [0, 0.1) is 5.92 Å². The molecular formula is C13H29NO2. The largest absolute Gasteiger partial charge is 0.353 e. The van der Waals surface area contributed by atoms with Gasteiger partial charge in [-0.2, -0.15) is 0 Å². The van der Waals surface area contributed by atoms with Crippen molar-refractivity contribution in [3.05, 3.63) is 0 Å². The zero-order valence-corrected chi connectivity index (χ0v) is 11.4. The standard InChI is InChI=1S/C13H29NO2/c1-5-12(6-2)11-14-10-9-13(15-7-3)16-8-4/h12-14H,5-11H2,1-4H3. The third-order valence-corrected chi connectivity index (χ3v) is 2.85. The second-order valence-electron chi connectivity index (χ2n) is 4.02. The lowest BCUT2D eigenvalue weighted by atomic mass is 10.0. The summed E-state index contributed by atoms with van der Waals surface area (Å²) in [6, 6.07) is 0. The molecule has 0 unspecified atom stereocenters. The zero-order chi connectivity index (χ0) is 12.2. The minimum atomic E-state index is -0.0378. The summed E-state index contributed by atoms with van der Waals surface area (Å²) in [5, 5.41) is 3.47. The van der Waals surface area contributed by atoms with E-state index >= 15 is 0 Å². The van der Waals surface area contributed by atoms with Crippen LogP contribution in [0.3, 0.4) is 0 Å². The van der Waals surface area contributed by atoms with E-state index in [1.54, 1.807) is 0 Å². The van der Waals surface area contributed by atoms with Gasteiger partial charge in [-0.25, -0.2) is 0 Å². The molecule has 0 bridgehead atoms. The number of hydrogen-bond donors (Lipinski definition) is 1. The molecule has 0 saturated carbocycles. The van der Waals surface area contributed by atoms with E-state index in [1.807, 2.05) is 13.8 Å². The molecule has 0 aliphatic heterocycles. The SMILES string of the molecule is CCOC(CCNCC(CC)CC)OCC. The van der Waals surface area contributed by atoms with Gasteiger partial charge in [0.25, 0.3) is 0 Å². The van der Waals surface area contributed by atoms with Crippen molar-refractivity contribution in [2.24, 2.45) is 5.92 Å². The van der Waals surface area contributed by atoms with Gasteiger partial charge in [0, 0.05) is 19.6 Å². The van der Waals surface area contributed by atoms with E-state index in [1.165, 1.54) is 12.8 Å². The van der Waals surface area contributed by atoms with Crippen LogP contribution in [0.25, 0.3) is 0 Å². The summed E-state index contributed by atoms with van der Waals surface area (Å²) in [4.78, 5) is 0. The summed E-state index contributed by atoms with van der Waals surface area (Å²) in [5.41, 5.74) is 0. The molecular weight excluding hydrogens is 202 g/mol. The molecule has 0 atom stereocenters. The first-order chi connectivity index (χ1) is 7.78. The molecule has 0 saturated heterocycles. The summed E-state index contributed by atoms with van der Waals surface area (Å²) < 4.78 is 11.0. The van der Waals surface area contributed by atoms with Crippen LogP contribution < -0.4 is 5.32 Å². The molecule has 0 aliphatic rings. The molecule has 0 aromatic carbocycles. The van der Waals surface area contributed by atoms with E-state index in [4.69, 9.17) is 9.47 Å². The van der Waals surface area contributed by atoms with E-state index in [0.717, 1.165) is 38.6 Å². The van der Waals surface area contributed by atoms with Crippen molar-refractivity contribution in [2.45, 2.75) is 53.2 Å². The van der Waals surface area contributed by atoms with Gasteiger partial charge in [-0.05, 0) is 32.9 Å². The van der Waals surface area contributed by atoms with Crippen LogP contribution in [0.15, 0.2) is 0 Å². The van der Waals surface area contributed by atoms with Crippen LogP contribution >= 0.6 is 0 Å². The Kier molecular flexibility index (Phi) is 11.3. The second kappa shape index (κ2) is 11.4. The van der Waals surface area contributed by atoms with Crippen molar-refractivity contribution in [1.82, 2.24) is 5.32 Å². The molecule has 1 N–H and O–H groups in total. The Morgan fingerprint density at radius 3 is 1.94 bits per heavy atom. The topological polar surface area (TPSA) is 30.5 Å². The van der Waals surface area contributed by atoms with Crippen molar-refractivity contribution in [3.63, 3.8) is 0 Å². The number of ether oxygens (including phenoxy) is 2. The van der Waals surface area contributed by atoms with Crippen LogP contribution in [0.2, 0.25) is 0 Å². The second-order valence-corrected chi connectivity index (χ2v) is 4.02. The summed E-state index contributed by atoms with van der Waals surface area (Å²) in [6.45, 7) is 12.0. The predicted molar refractivity (Wildman–Crippen MR) is 68.6 cm³/mol. The normalized spacial score (nSPS) is 11.6. The minimum Gasteiger partial charge on any atom is -0.353 e. The van der Waals surface area contributed by atoms with Gasteiger partial charge in [-0.15, -0.1) is 0 Å². The van der Waals surface area contributed by atoms with Gasteiger partial charge in [0.1, 0.15) is 0 Å². The maximum Gasteiger partial charge on any atom is 0.158 e. The Hall–Kier alpha value is -0.120. The molecule has 0 aromatic heterocycles. The maximum absolute atomic E-state index is 5.48. The average molecular weight is 231 g/mol. The minimum absolute atomic E-state index is 0.0378. The van der Waals surface area contributed by atoms with Gasteiger partial charge in [0.15, 0.2) is 6.29 Å². The maximum atomic E-state index is 5.48.